The lowest BCUT2D eigenvalue weighted by Gasteiger charge is -2.09. The van der Waals surface area contributed by atoms with E-state index in [1.165, 1.54) is 0 Å². The van der Waals surface area contributed by atoms with E-state index in [4.69, 9.17) is 15.7 Å². The Morgan fingerprint density at radius 1 is 1.05 bits per heavy atom. The molecular weight excluding hydrogens is 250 g/mol. The van der Waals surface area contributed by atoms with Crippen LogP contribution in [0.4, 0.5) is 5.69 Å². The van der Waals surface area contributed by atoms with Gasteiger partial charge in [0.2, 0.25) is 0 Å². The second-order valence-corrected chi connectivity index (χ2v) is 4.29. The molecule has 96 valence electrons. The van der Waals surface area contributed by atoms with Crippen LogP contribution in [0.15, 0.2) is 54.7 Å². The summed E-state index contributed by atoms with van der Waals surface area (Å²) >= 11 is 0. The first-order valence-electron chi connectivity index (χ1n) is 6.09. The summed E-state index contributed by atoms with van der Waals surface area (Å²) < 4.78 is 5.82. The largest absolute Gasteiger partial charge is 0.455 e. The Morgan fingerprint density at radius 3 is 2.60 bits per heavy atom. The molecule has 0 saturated heterocycles. The predicted molar refractivity (Wildman–Crippen MR) is 77.4 cm³/mol. The number of ether oxygens (including phenoxy) is 1. The number of hydrogen-bond acceptors (Lipinski definition) is 4. The van der Waals surface area contributed by atoms with E-state index < -0.39 is 0 Å². The van der Waals surface area contributed by atoms with Gasteiger partial charge in [-0.1, -0.05) is 0 Å². The van der Waals surface area contributed by atoms with E-state index in [0.29, 0.717) is 22.7 Å². The van der Waals surface area contributed by atoms with Crippen molar-refractivity contribution in [3.63, 3.8) is 0 Å². The summed E-state index contributed by atoms with van der Waals surface area (Å²) in [6.07, 6.45) is 1.70. The minimum absolute atomic E-state index is 0.595. The van der Waals surface area contributed by atoms with Gasteiger partial charge in [-0.05, 0) is 48.5 Å². The SMILES string of the molecule is N#Cc1ccc(Oc2ccc(N)c3cccnc23)cc1. The number of fused-ring (bicyclic) bond motifs is 1. The highest BCUT2D eigenvalue weighted by Gasteiger charge is 2.07. The fourth-order valence-electron chi connectivity index (χ4n) is 1.98. The molecular formula is C16H11N3O. The fourth-order valence-corrected chi connectivity index (χ4v) is 1.98. The number of nitrogens with zero attached hydrogens (tertiary/aromatic N) is 2. The van der Waals surface area contributed by atoms with Gasteiger partial charge in [-0.2, -0.15) is 5.26 Å². The Kier molecular flexibility index (Phi) is 2.94. The summed E-state index contributed by atoms with van der Waals surface area (Å²) in [7, 11) is 0. The minimum atomic E-state index is 0.595. The summed E-state index contributed by atoms with van der Waals surface area (Å²) in [6.45, 7) is 0. The van der Waals surface area contributed by atoms with Crippen LogP contribution in [-0.4, -0.2) is 4.98 Å². The summed E-state index contributed by atoms with van der Waals surface area (Å²) in [4.78, 5) is 4.31. The van der Waals surface area contributed by atoms with Crippen LogP contribution in [0, 0.1) is 11.3 Å². The Balaban J connectivity index is 2.02. The van der Waals surface area contributed by atoms with Gasteiger partial charge in [-0.15, -0.1) is 0 Å². The molecule has 0 amide bonds. The summed E-state index contributed by atoms with van der Waals surface area (Å²) in [5, 5.41) is 9.64. The first-order valence-corrected chi connectivity index (χ1v) is 6.09. The van der Waals surface area contributed by atoms with Crippen LogP contribution in [0.5, 0.6) is 11.5 Å². The highest BCUT2D eigenvalue weighted by atomic mass is 16.5. The van der Waals surface area contributed by atoms with E-state index in [1.807, 2.05) is 12.1 Å². The molecule has 3 rings (SSSR count). The van der Waals surface area contributed by atoms with Crippen molar-refractivity contribution in [3.8, 4) is 17.6 Å². The second kappa shape index (κ2) is 4.90. The van der Waals surface area contributed by atoms with Crippen molar-refractivity contribution in [2.75, 3.05) is 5.73 Å². The van der Waals surface area contributed by atoms with Gasteiger partial charge in [0.05, 0.1) is 11.6 Å². The average Bonchev–Trinajstić information content (AvgIpc) is 2.51. The normalized spacial score (nSPS) is 10.2. The van der Waals surface area contributed by atoms with Crippen LogP contribution in [-0.2, 0) is 0 Å². The van der Waals surface area contributed by atoms with E-state index in [0.717, 1.165) is 10.9 Å². The van der Waals surface area contributed by atoms with Crippen molar-refractivity contribution >= 4 is 16.6 Å². The number of anilines is 1. The lowest BCUT2D eigenvalue weighted by molar-refractivity contribution is 0.487. The van der Waals surface area contributed by atoms with E-state index in [9.17, 15) is 0 Å². The number of hydrogen-bond donors (Lipinski definition) is 1. The lowest BCUT2D eigenvalue weighted by atomic mass is 10.1. The Hall–Kier alpha value is -3.06. The van der Waals surface area contributed by atoms with E-state index in [-0.39, 0.29) is 0 Å². The molecule has 1 heterocycles. The second-order valence-electron chi connectivity index (χ2n) is 4.29. The molecule has 0 aliphatic heterocycles. The quantitative estimate of drug-likeness (QED) is 0.717. The van der Waals surface area contributed by atoms with E-state index in [1.54, 1.807) is 42.6 Å². The Labute approximate surface area is 116 Å². The first kappa shape index (κ1) is 12.0. The predicted octanol–water partition coefficient (Wildman–Crippen LogP) is 3.48. The van der Waals surface area contributed by atoms with Crippen molar-refractivity contribution in [2.24, 2.45) is 0 Å². The van der Waals surface area contributed by atoms with Gasteiger partial charge >= 0.3 is 0 Å². The molecule has 0 unspecified atom stereocenters. The Morgan fingerprint density at radius 2 is 1.85 bits per heavy atom. The standard InChI is InChI=1S/C16H11N3O/c17-10-11-3-5-12(6-4-11)20-15-8-7-14(18)13-2-1-9-19-16(13)15/h1-9H,18H2. The maximum Gasteiger partial charge on any atom is 0.153 e. The molecule has 4 heteroatoms. The average molecular weight is 261 g/mol. The zero-order valence-electron chi connectivity index (χ0n) is 10.6. The number of nitrogen functional groups attached to an aromatic ring is 1. The molecule has 0 aliphatic rings. The number of nitriles is 1. The number of pyridine rings is 1. The molecule has 0 bridgehead atoms. The maximum absolute atomic E-state index is 8.78. The molecule has 0 saturated carbocycles. The number of rotatable bonds is 2. The van der Waals surface area contributed by atoms with E-state index in [2.05, 4.69) is 11.1 Å². The monoisotopic (exact) mass is 261 g/mol. The van der Waals surface area contributed by atoms with Crippen molar-refractivity contribution in [1.82, 2.24) is 4.98 Å². The number of aromatic nitrogens is 1. The molecule has 2 aromatic carbocycles. The third kappa shape index (κ3) is 2.13. The highest BCUT2D eigenvalue weighted by molar-refractivity contribution is 5.94. The van der Waals surface area contributed by atoms with Crippen molar-refractivity contribution in [2.45, 2.75) is 0 Å². The van der Waals surface area contributed by atoms with E-state index >= 15 is 0 Å². The molecule has 0 spiro atoms. The van der Waals surface area contributed by atoms with Crippen molar-refractivity contribution < 1.29 is 4.74 Å². The van der Waals surface area contributed by atoms with Gasteiger partial charge in [0.25, 0.3) is 0 Å². The fraction of sp³-hybridized carbons (Fsp3) is 0. The topological polar surface area (TPSA) is 71.9 Å². The van der Waals surface area contributed by atoms with Crippen LogP contribution in [0.25, 0.3) is 10.9 Å². The van der Waals surface area contributed by atoms with Gasteiger partial charge in [0, 0.05) is 17.3 Å². The molecule has 20 heavy (non-hydrogen) atoms. The molecule has 1 aromatic heterocycles. The Bertz CT molecular complexity index is 804. The maximum atomic E-state index is 8.78. The molecule has 0 fully saturated rings. The summed E-state index contributed by atoms with van der Waals surface area (Å²) in [5.41, 5.74) is 7.91. The van der Waals surface area contributed by atoms with Crippen LogP contribution in [0.2, 0.25) is 0 Å². The molecule has 2 N–H and O–H groups in total. The smallest absolute Gasteiger partial charge is 0.153 e. The van der Waals surface area contributed by atoms with Gasteiger partial charge < -0.3 is 10.5 Å². The van der Waals surface area contributed by atoms with Gasteiger partial charge in [0.15, 0.2) is 5.75 Å². The van der Waals surface area contributed by atoms with Crippen LogP contribution >= 0.6 is 0 Å². The summed E-state index contributed by atoms with van der Waals surface area (Å²) in [5.74, 6) is 1.29. The minimum Gasteiger partial charge on any atom is -0.455 e. The van der Waals surface area contributed by atoms with Gasteiger partial charge in [0.1, 0.15) is 11.3 Å². The van der Waals surface area contributed by atoms with Gasteiger partial charge in [-0.3, -0.25) is 4.98 Å². The van der Waals surface area contributed by atoms with Crippen LogP contribution < -0.4 is 10.5 Å². The number of benzene rings is 2. The summed E-state index contributed by atoms with van der Waals surface area (Å²) in [6, 6.07) is 16.3. The zero-order chi connectivity index (χ0) is 13.9. The van der Waals surface area contributed by atoms with Crippen molar-refractivity contribution in [3.05, 3.63) is 60.3 Å². The third-order valence-corrected chi connectivity index (χ3v) is 2.98. The zero-order valence-corrected chi connectivity index (χ0v) is 10.6. The lowest BCUT2D eigenvalue weighted by Crippen LogP contribution is -1.92. The van der Waals surface area contributed by atoms with Crippen molar-refractivity contribution in [1.29, 1.82) is 5.26 Å². The molecule has 0 radical (unpaired) electrons. The molecule has 0 atom stereocenters. The molecule has 4 nitrogen and oxygen atoms in total. The number of nitrogens with two attached hydrogens (primary N) is 1. The van der Waals surface area contributed by atoms with Gasteiger partial charge in [-0.25, -0.2) is 0 Å². The third-order valence-electron chi connectivity index (χ3n) is 2.98. The van der Waals surface area contributed by atoms with Crippen LogP contribution in [0.3, 0.4) is 0 Å². The van der Waals surface area contributed by atoms with Crippen LogP contribution in [0.1, 0.15) is 5.56 Å². The first-order chi connectivity index (χ1) is 9.78. The molecule has 3 aromatic rings. The molecule has 0 aliphatic carbocycles. The highest BCUT2D eigenvalue weighted by Crippen LogP contribution is 2.31.